The number of halogens is 3. The Kier molecular flexibility index (Phi) is 4.06. The molecule has 4 unspecified atom stereocenters. The van der Waals surface area contributed by atoms with Crippen molar-refractivity contribution in [1.29, 1.82) is 0 Å². The second-order valence-corrected chi connectivity index (χ2v) is 6.83. The molecule has 116 valence electrons. The Labute approximate surface area is 117 Å². The Morgan fingerprint density at radius 1 is 1.25 bits per heavy atom. The molecule has 0 saturated heterocycles. The fraction of sp³-hybridized carbons (Fsp3) is 0.929. The molecule has 2 rings (SSSR count). The van der Waals surface area contributed by atoms with Crippen LogP contribution < -0.4 is 11.1 Å². The summed E-state index contributed by atoms with van der Waals surface area (Å²) in [6, 6.07) is 0.0262. The van der Waals surface area contributed by atoms with Gasteiger partial charge < -0.3 is 11.1 Å². The Morgan fingerprint density at radius 2 is 1.90 bits per heavy atom. The Balaban J connectivity index is 1.90. The van der Waals surface area contributed by atoms with Gasteiger partial charge in [0.15, 0.2) is 0 Å². The van der Waals surface area contributed by atoms with Crippen molar-refractivity contribution in [2.24, 2.45) is 23.0 Å². The molecule has 3 N–H and O–H groups in total. The van der Waals surface area contributed by atoms with E-state index in [-0.39, 0.29) is 36.2 Å². The standard InChI is InChI=1S/C14H23F3N2O/c1-13(2)10(18)7-11(13)19-12(20)8-4-3-5-9(6-8)14(15,16)17/h8-11H,3-7,18H2,1-2H3,(H,19,20). The first-order valence-corrected chi connectivity index (χ1v) is 7.25. The minimum absolute atomic E-state index is 0.0173. The lowest BCUT2D eigenvalue weighted by atomic mass is 9.63. The molecule has 2 fully saturated rings. The summed E-state index contributed by atoms with van der Waals surface area (Å²) in [6.45, 7) is 3.96. The monoisotopic (exact) mass is 292 g/mol. The summed E-state index contributed by atoms with van der Waals surface area (Å²) in [5.41, 5.74) is 5.71. The lowest BCUT2D eigenvalue weighted by molar-refractivity contribution is -0.186. The second-order valence-electron chi connectivity index (χ2n) is 6.83. The minimum atomic E-state index is -4.18. The maximum Gasteiger partial charge on any atom is 0.391 e. The van der Waals surface area contributed by atoms with Crippen LogP contribution in [-0.2, 0) is 4.79 Å². The Morgan fingerprint density at radius 3 is 2.40 bits per heavy atom. The molecule has 20 heavy (non-hydrogen) atoms. The topological polar surface area (TPSA) is 55.1 Å². The van der Waals surface area contributed by atoms with Crippen molar-refractivity contribution >= 4 is 5.91 Å². The smallest absolute Gasteiger partial charge is 0.352 e. The Bertz CT molecular complexity index is 381. The van der Waals surface area contributed by atoms with E-state index in [4.69, 9.17) is 5.73 Å². The van der Waals surface area contributed by atoms with Crippen LogP contribution in [0.5, 0.6) is 0 Å². The van der Waals surface area contributed by atoms with E-state index in [1.807, 2.05) is 13.8 Å². The van der Waals surface area contributed by atoms with Crippen LogP contribution in [0.25, 0.3) is 0 Å². The van der Waals surface area contributed by atoms with Gasteiger partial charge >= 0.3 is 6.18 Å². The maximum absolute atomic E-state index is 12.7. The predicted octanol–water partition coefficient (Wildman–Crippen LogP) is 2.60. The molecule has 0 aromatic carbocycles. The van der Waals surface area contributed by atoms with E-state index in [0.29, 0.717) is 19.3 Å². The number of carbonyl (C=O) groups is 1. The van der Waals surface area contributed by atoms with E-state index >= 15 is 0 Å². The highest BCUT2D eigenvalue weighted by Crippen LogP contribution is 2.42. The lowest BCUT2D eigenvalue weighted by Gasteiger charge is -2.51. The van der Waals surface area contributed by atoms with Crippen molar-refractivity contribution in [3.63, 3.8) is 0 Å². The number of nitrogens with two attached hydrogens (primary N) is 1. The summed E-state index contributed by atoms with van der Waals surface area (Å²) in [5.74, 6) is -2.07. The first kappa shape index (κ1) is 15.6. The molecule has 4 atom stereocenters. The molecule has 2 aliphatic rings. The van der Waals surface area contributed by atoms with Gasteiger partial charge in [0.05, 0.1) is 5.92 Å². The summed E-state index contributed by atoms with van der Waals surface area (Å²) in [7, 11) is 0. The van der Waals surface area contributed by atoms with Crippen LogP contribution in [-0.4, -0.2) is 24.2 Å². The fourth-order valence-electron chi connectivity index (χ4n) is 3.22. The van der Waals surface area contributed by atoms with Gasteiger partial charge in [0, 0.05) is 23.4 Å². The summed E-state index contributed by atoms with van der Waals surface area (Å²) >= 11 is 0. The van der Waals surface area contributed by atoms with Gasteiger partial charge in [-0.05, 0) is 25.7 Å². The number of nitrogens with one attached hydrogen (secondary N) is 1. The molecule has 0 heterocycles. The number of amides is 1. The number of alkyl halides is 3. The lowest BCUT2D eigenvalue weighted by Crippen LogP contribution is -2.65. The summed E-state index contributed by atoms with van der Waals surface area (Å²) in [5, 5.41) is 2.89. The summed E-state index contributed by atoms with van der Waals surface area (Å²) in [6.07, 6.45) is -2.39. The molecule has 0 radical (unpaired) electrons. The zero-order valence-corrected chi connectivity index (χ0v) is 12.0. The van der Waals surface area contributed by atoms with E-state index in [2.05, 4.69) is 5.32 Å². The molecule has 6 heteroatoms. The van der Waals surface area contributed by atoms with Crippen molar-refractivity contribution in [3.8, 4) is 0 Å². The SMILES string of the molecule is CC1(C)C(N)CC1NC(=O)C1CCCC(C(F)(F)F)C1. The summed E-state index contributed by atoms with van der Waals surface area (Å²) in [4.78, 5) is 12.1. The predicted molar refractivity (Wildman–Crippen MR) is 69.8 cm³/mol. The van der Waals surface area contributed by atoms with Crippen LogP contribution in [0.1, 0.15) is 46.0 Å². The molecule has 0 bridgehead atoms. The van der Waals surface area contributed by atoms with Crippen LogP contribution in [0.15, 0.2) is 0 Å². The van der Waals surface area contributed by atoms with E-state index < -0.39 is 18.0 Å². The highest BCUT2D eigenvalue weighted by Gasteiger charge is 2.48. The van der Waals surface area contributed by atoms with Gasteiger partial charge in [-0.25, -0.2) is 0 Å². The van der Waals surface area contributed by atoms with Crippen molar-refractivity contribution < 1.29 is 18.0 Å². The number of hydrogen-bond acceptors (Lipinski definition) is 2. The van der Waals surface area contributed by atoms with Gasteiger partial charge in [-0.3, -0.25) is 4.79 Å². The third-order valence-electron chi connectivity index (χ3n) is 5.17. The first-order valence-electron chi connectivity index (χ1n) is 7.25. The quantitative estimate of drug-likeness (QED) is 0.822. The molecule has 1 amide bonds. The third-order valence-corrected chi connectivity index (χ3v) is 5.17. The van der Waals surface area contributed by atoms with Crippen LogP contribution >= 0.6 is 0 Å². The van der Waals surface area contributed by atoms with E-state index in [0.717, 1.165) is 0 Å². The molecule has 0 spiro atoms. The minimum Gasteiger partial charge on any atom is -0.352 e. The number of hydrogen-bond donors (Lipinski definition) is 2. The highest BCUT2D eigenvalue weighted by atomic mass is 19.4. The average Bonchev–Trinajstić information content (AvgIpc) is 2.37. The van der Waals surface area contributed by atoms with Crippen molar-refractivity contribution in [3.05, 3.63) is 0 Å². The fourth-order valence-corrected chi connectivity index (χ4v) is 3.22. The molecular weight excluding hydrogens is 269 g/mol. The second kappa shape index (κ2) is 5.20. The van der Waals surface area contributed by atoms with Gasteiger partial charge in [0.25, 0.3) is 0 Å². The van der Waals surface area contributed by atoms with Gasteiger partial charge in [0.2, 0.25) is 5.91 Å². The maximum atomic E-state index is 12.7. The van der Waals surface area contributed by atoms with Gasteiger partial charge in [-0.1, -0.05) is 20.3 Å². The van der Waals surface area contributed by atoms with Crippen LogP contribution in [0, 0.1) is 17.3 Å². The Hall–Kier alpha value is -0.780. The molecule has 2 aliphatic carbocycles. The molecular formula is C14H23F3N2O. The normalized spacial score (nSPS) is 37.1. The van der Waals surface area contributed by atoms with Gasteiger partial charge in [-0.2, -0.15) is 13.2 Å². The van der Waals surface area contributed by atoms with Crippen LogP contribution in [0.4, 0.5) is 13.2 Å². The largest absolute Gasteiger partial charge is 0.391 e. The molecule has 0 aromatic rings. The van der Waals surface area contributed by atoms with E-state index in [1.165, 1.54) is 0 Å². The zero-order valence-electron chi connectivity index (χ0n) is 12.0. The molecule has 2 saturated carbocycles. The molecule has 0 aliphatic heterocycles. The van der Waals surface area contributed by atoms with Crippen LogP contribution in [0.3, 0.4) is 0 Å². The average molecular weight is 292 g/mol. The van der Waals surface area contributed by atoms with E-state index in [1.54, 1.807) is 0 Å². The zero-order chi connectivity index (χ0) is 15.1. The van der Waals surface area contributed by atoms with E-state index in [9.17, 15) is 18.0 Å². The first-order chi connectivity index (χ1) is 9.12. The van der Waals surface area contributed by atoms with Crippen molar-refractivity contribution in [1.82, 2.24) is 5.32 Å². The van der Waals surface area contributed by atoms with Crippen molar-refractivity contribution in [2.75, 3.05) is 0 Å². The number of carbonyl (C=O) groups excluding carboxylic acids is 1. The molecule has 3 nitrogen and oxygen atoms in total. The van der Waals surface area contributed by atoms with Gasteiger partial charge in [0.1, 0.15) is 0 Å². The number of rotatable bonds is 2. The van der Waals surface area contributed by atoms with Gasteiger partial charge in [-0.15, -0.1) is 0 Å². The third kappa shape index (κ3) is 2.95. The molecule has 0 aromatic heterocycles. The van der Waals surface area contributed by atoms with Crippen molar-refractivity contribution in [2.45, 2.75) is 64.2 Å². The summed E-state index contributed by atoms with van der Waals surface area (Å²) < 4.78 is 38.2. The van der Waals surface area contributed by atoms with Crippen LogP contribution in [0.2, 0.25) is 0 Å². The highest BCUT2D eigenvalue weighted by molar-refractivity contribution is 5.79.